The second-order valence-electron chi connectivity index (χ2n) is 2.15. The van der Waals surface area contributed by atoms with Crippen molar-refractivity contribution in [2.75, 3.05) is 0 Å². The molecule has 0 saturated heterocycles. The van der Waals surface area contributed by atoms with Gasteiger partial charge in [-0.2, -0.15) is 0 Å². The Morgan fingerprint density at radius 2 is 2.33 bits per heavy atom. The highest BCUT2D eigenvalue weighted by Gasteiger charge is 1.97. The number of benzene rings is 1. The van der Waals surface area contributed by atoms with E-state index < -0.39 is 8.25 Å². The Labute approximate surface area is 79.4 Å². The van der Waals surface area contributed by atoms with Crippen LogP contribution in [0.1, 0.15) is 5.56 Å². The molecule has 1 aromatic carbocycles. The third-order valence-corrected chi connectivity index (χ3v) is 2.32. The molecule has 5 heteroatoms. The highest BCUT2D eigenvalue weighted by molar-refractivity contribution is 9.08. The predicted molar refractivity (Wildman–Crippen MR) is 50.9 cm³/mol. The van der Waals surface area contributed by atoms with E-state index in [1.165, 1.54) is 0 Å². The highest BCUT2D eigenvalue weighted by Crippen LogP contribution is 2.23. The molecule has 0 radical (unpaired) electrons. The third kappa shape index (κ3) is 2.97. The predicted octanol–water partition coefficient (Wildman–Crippen LogP) is 2.34. The number of hydrogen-bond donors (Lipinski definition) is 1. The van der Waals surface area contributed by atoms with Crippen LogP contribution in [0.2, 0.25) is 0 Å². The van der Waals surface area contributed by atoms with Crippen LogP contribution in [0.3, 0.4) is 0 Å². The maximum absolute atomic E-state index is 10.3. The van der Waals surface area contributed by atoms with Gasteiger partial charge in [0, 0.05) is 5.33 Å². The Hall–Kier alpha value is -0.310. The maximum Gasteiger partial charge on any atom is 0.365 e. The molecule has 0 spiro atoms. The first-order chi connectivity index (χ1) is 5.72. The molecule has 0 fully saturated rings. The summed E-state index contributed by atoms with van der Waals surface area (Å²) in [7, 11) is -2.88. The second kappa shape index (κ2) is 4.65. The van der Waals surface area contributed by atoms with Crippen LogP contribution in [0.15, 0.2) is 24.3 Å². The summed E-state index contributed by atoms with van der Waals surface area (Å²) < 4.78 is 15.0. The van der Waals surface area contributed by atoms with Gasteiger partial charge in [-0.1, -0.05) is 28.1 Å². The minimum absolute atomic E-state index is 0.429. The zero-order valence-corrected chi connectivity index (χ0v) is 8.74. The Balaban J connectivity index is 2.79. The molecule has 0 heterocycles. The van der Waals surface area contributed by atoms with E-state index in [1.807, 2.05) is 6.07 Å². The van der Waals surface area contributed by atoms with E-state index in [9.17, 15) is 4.57 Å². The van der Waals surface area contributed by atoms with E-state index in [2.05, 4.69) is 20.5 Å². The van der Waals surface area contributed by atoms with Gasteiger partial charge in [-0.05, 0) is 17.7 Å². The van der Waals surface area contributed by atoms with Crippen LogP contribution in [0.5, 0.6) is 5.75 Å². The molecular formula is C7H8BrO3P. The summed E-state index contributed by atoms with van der Waals surface area (Å²) >= 11 is 3.27. The third-order valence-electron chi connectivity index (χ3n) is 1.26. The van der Waals surface area contributed by atoms with Crippen molar-refractivity contribution in [2.45, 2.75) is 5.33 Å². The normalized spacial score (nSPS) is 12.5. The Bertz CT molecular complexity index is 290. The van der Waals surface area contributed by atoms with Crippen molar-refractivity contribution < 1.29 is 14.0 Å². The molecule has 66 valence electrons. The quantitative estimate of drug-likeness (QED) is 0.662. The molecule has 0 bridgehead atoms. The van der Waals surface area contributed by atoms with Crippen LogP contribution in [0.25, 0.3) is 0 Å². The van der Waals surface area contributed by atoms with Crippen molar-refractivity contribution in [3.8, 4) is 5.75 Å². The lowest BCUT2D eigenvalue weighted by Gasteiger charge is -2.02. The molecule has 1 atom stereocenters. The van der Waals surface area contributed by atoms with Crippen LogP contribution in [0.4, 0.5) is 0 Å². The number of halogens is 1. The van der Waals surface area contributed by atoms with Gasteiger partial charge >= 0.3 is 8.25 Å². The molecule has 1 rings (SSSR count). The van der Waals surface area contributed by atoms with E-state index >= 15 is 0 Å². The fourth-order valence-corrected chi connectivity index (χ4v) is 1.47. The van der Waals surface area contributed by atoms with E-state index in [-0.39, 0.29) is 0 Å². The zero-order valence-electron chi connectivity index (χ0n) is 6.16. The number of rotatable bonds is 3. The summed E-state index contributed by atoms with van der Waals surface area (Å²) in [6, 6.07) is 7.03. The smallest absolute Gasteiger partial charge is 0.365 e. The number of hydrogen-bond acceptors (Lipinski definition) is 2. The minimum atomic E-state index is -2.88. The van der Waals surface area contributed by atoms with E-state index in [0.717, 1.165) is 5.56 Å². The zero-order chi connectivity index (χ0) is 8.97. The van der Waals surface area contributed by atoms with Crippen molar-refractivity contribution >= 4 is 24.2 Å². The van der Waals surface area contributed by atoms with Crippen LogP contribution < -0.4 is 4.52 Å². The average Bonchev–Trinajstić information content (AvgIpc) is 2.03. The molecular weight excluding hydrogens is 243 g/mol. The standard InChI is InChI=1S/C7H8BrO3P/c8-5-6-2-1-3-7(4-6)11-12(9)10/h1-4,12H,5H2,(H,9,10). The summed E-state index contributed by atoms with van der Waals surface area (Å²) in [4.78, 5) is 8.48. The first kappa shape index (κ1) is 9.78. The Morgan fingerprint density at radius 1 is 1.58 bits per heavy atom. The molecule has 3 nitrogen and oxygen atoms in total. The van der Waals surface area contributed by atoms with Crippen LogP contribution in [-0.4, -0.2) is 4.89 Å². The fraction of sp³-hybridized carbons (Fsp3) is 0.143. The summed E-state index contributed by atoms with van der Waals surface area (Å²) in [5.74, 6) is 0.429. The fourth-order valence-electron chi connectivity index (χ4n) is 0.793. The number of alkyl halides is 1. The minimum Gasteiger partial charge on any atom is -0.426 e. The summed E-state index contributed by atoms with van der Waals surface area (Å²) in [5.41, 5.74) is 1.01. The summed E-state index contributed by atoms with van der Waals surface area (Å²) in [5, 5.41) is 0.705. The lowest BCUT2D eigenvalue weighted by atomic mass is 10.2. The summed E-state index contributed by atoms with van der Waals surface area (Å²) in [6.45, 7) is 0. The van der Waals surface area contributed by atoms with Crippen molar-refractivity contribution in [3.05, 3.63) is 29.8 Å². The van der Waals surface area contributed by atoms with Gasteiger partial charge in [0.2, 0.25) is 0 Å². The largest absolute Gasteiger partial charge is 0.426 e. The van der Waals surface area contributed by atoms with Crippen molar-refractivity contribution in [1.29, 1.82) is 0 Å². The first-order valence-electron chi connectivity index (χ1n) is 3.28. The monoisotopic (exact) mass is 250 g/mol. The van der Waals surface area contributed by atoms with Crippen LogP contribution in [0, 0.1) is 0 Å². The molecule has 0 saturated carbocycles. The molecule has 0 aromatic heterocycles. The summed E-state index contributed by atoms with van der Waals surface area (Å²) in [6.07, 6.45) is 0. The van der Waals surface area contributed by atoms with Crippen LogP contribution >= 0.6 is 24.2 Å². The van der Waals surface area contributed by atoms with Crippen molar-refractivity contribution in [2.24, 2.45) is 0 Å². The first-order valence-corrected chi connectivity index (χ1v) is 5.66. The lowest BCUT2D eigenvalue weighted by molar-refractivity contribution is 0.410. The molecule has 0 aliphatic carbocycles. The van der Waals surface area contributed by atoms with Gasteiger partial charge in [0.15, 0.2) is 0 Å². The SMILES string of the molecule is O=[PH](O)Oc1cccc(CBr)c1. The van der Waals surface area contributed by atoms with Gasteiger partial charge < -0.3 is 9.42 Å². The van der Waals surface area contributed by atoms with Gasteiger partial charge in [-0.25, -0.2) is 4.57 Å². The van der Waals surface area contributed by atoms with Crippen molar-refractivity contribution in [1.82, 2.24) is 0 Å². The highest BCUT2D eigenvalue weighted by atomic mass is 79.9. The Morgan fingerprint density at radius 3 is 2.92 bits per heavy atom. The molecule has 0 aliphatic heterocycles. The molecule has 1 aromatic rings. The van der Waals surface area contributed by atoms with Crippen molar-refractivity contribution in [3.63, 3.8) is 0 Å². The van der Waals surface area contributed by atoms with Gasteiger partial charge in [0.1, 0.15) is 5.75 Å². The Kier molecular flexibility index (Phi) is 3.79. The molecule has 0 aliphatic rings. The molecule has 1 N–H and O–H groups in total. The molecule has 0 amide bonds. The maximum atomic E-state index is 10.3. The van der Waals surface area contributed by atoms with Gasteiger partial charge in [-0.15, -0.1) is 0 Å². The van der Waals surface area contributed by atoms with Gasteiger partial charge in [0.05, 0.1) is 0 Å². The lowest BCUT2D eigenvalue weighted by Crippen LogP contribution is -1.82. The van der Waals surface area contributed by atoms with Gasteiger partial charge in [-0.3, -0.25) is 0 Å². The molecule has 1 unspecified atom stereocenters. The van der Waals surface area contributed by atoms with E-state index in [1.54, 1.807) is 18.2 Å². The van der Waals surface area contributed by atoms with Gasteiger partial charge in [0.25, 0.3) is 0 Å². The van der Waals surface area contributed by atoms with E-state index in [0.29, 0.717) is 11.1 Å². The molecule has 12 heavy (non-hydrogen) atoms. The van der Waals surface area contributed by atoms with E-state index in [4.69, 9.17) is 4.89 Å². The van der Waals surface area contributed by atoms with Crippen LogP contribution in [-0.2, 0) is 9.90 Å². The average molecular weight is 251 g/mol. The second-order valence-corrected chi connectivity index (χ2v) is 3.45. The topological polar surface area (TPSA) is 46.5 Å².